The molecule has 1 aromatic carbocycles. The van der Waals surface area contributed by atoms with E-state index in [2.05, 4.69) is 26.4 Å². The standard InChI is InChI=1S/C22H20N6O/c1-28-12-15-9-20(16(13-5-6-13)11-19(15)27-28)26-22(29)18-4-2-3-17(25-18)14-7-8-24-21(23)10-14/h2-4,7-13H,5-6H2,1H3,(H2,23,24)(H,26,29). The fraction of sp³-hybridized carbons (Fsp3) is 0.182. The van der Waals surface area contributed by atoms with Crippen molar-refractivity contribution in [3.05, 3.63) is 66.1 Å². The number of benzene rings is 1. The largest absolute Gasteiger partial charge is 0.384 e. The molecule has 0 bridgehead atoms. The van der Waals surface area contributed by atoms with Crippen LogP contribution in [0.2, 0.25) is 0 Å². The number of aromatic nitrogens is 4. The first-order valence-corrected chi connectivity index (χ1v) is 9.54. The van der Waals surface area contributed by atoms with Crippen LogP contribution in [0.5, 0.6) is 0 Å². The summed E-state index contributed by atoms with van der Waals surface area (Å²) in [6, 6.07) is 13.0. The molecule has 0 aliphatic heterocycles. The summed E-state index contributed by atoms with van der Waals surface area (Å²) >= 11 is 0. The van der Waals surface area contributed by atoms with Gasteiger partial charge in [0.15, 0.2) is 0 Å². The topological polar surface area (TPSA) is 98.7 Å². The number of rotatable bonds is 4. The lowest BCUT2D eigenvalue weighted by Crippen LogP contribution is -2.15. The summed E-state index contributed by atoms with van der Waals surface area (Å²) < 4.78 is 1.79. The Balaban J connectivity index is 1.48. The van der Waals surface area contributed by atoms with Gasteiger partial charge in [-0.2, -0.15) is 5.10 Å². The number of hydrogen-bond donors (Lipinski definition) is 2. The highest BCUT2D eigenvalue weighted by Crippen LogP contribution is 2.44. The lowest BCUT2D eigenvalue weighted by molar-refractivity contribution is 0.102. The molecule has 7 heteroatoms. The Hall–Kier alpha value is -3.74. The quantitative estimate of drug-likeness (QED) is 0.558. The van der Waals surface area contributed by atoms with Crippen molar-refractivity contribution in [1.29, 1.82) is 0 Å². The molecule has 3 heterocycles. The van der Waals surface area contributed by atoms with E-state index >= 15 is 0 Å². The number of pyridine rings is 2. The van der Waals surface area contributed by atoms with Gasteiger partial charge in [-0.1, -0.05) is 6.07 Å². The molecule has 0 atom stereocenters. The number of nitrogen functional groups attached to an aromatic ring is 1. The number of amides is 1. The van der Waals surface area contributed by atoms with Crippen LogP contribution < -0.4 is 11.1 Å². The molecule has 3 aromatic heterocycles. The Morgan fingerprint density at radius 1 is 1.21 bits per heavy atom. The third-order valence-corrected chi connectivity index (χ3v) is 5.11. The van der Waals surface area contributed by atoms with Crippen LogP contribution in [0.3, 0.4) is 0 Å². The summed E-state index contributed by atoms with van der Waals surface area (Å²) in [5.74, 6) is 0.660. The zero-order chi connectivity index (χ0) is 20.0. The number of aryl methyl sites for hydroxylation is 1. The lowest BCUT2D eigenvalue weighted by atomic mass is 10.1. The second-order valence-corrected chi connectivity index (χ2v) is 7.41. The number of nitrogens with zero attached hydrogens (tertiary/aromatic N) is 4. The summed E-state index contributed by atoms with van der Waals surface area (Å²) in [6.45, 7) is 0. The van der Waals surface area contributed by atoms with Gasteiger partial charge in [0.05, 0.1) is 11.2 Å². The fourth-order valence-corrected chi connectivity index (χ4v) is 3.57. The summed E-state index contributed by atoms with van der Waals surface area (Å²) in [5.41, 5.74) is 10.5. The maximum Gasteiger partial charge on any atom is 0.274 e. The number of anilines is 2. The van der Waals surface area contributed by atoms with Gasteiger partial charge in [0.1, 0.15) is 11.5 Å². The molecule has 0 unspecified atom stereocenters. The number of nitrogens with one attached hydrogen (secondary N) is 1. The molecule has 1 amide bonds. The number of carbonyl (C=O) groups excluding carboxylic acids is 1. The molecule has 1 aliphatic carbocycles. The Morgan fingerprint density at radius 2 is 2.07 bits per heavy atom. The van der Waals surface area contributed by atoms with E-state index in [0.717, 1.165) is 40.6 Å². The smallest absolute Gasteiger partial charge is 0.274 e. The van der Waals surface area contributed by atoms with E-state index < -0.39 is 0 Å². The summed E-state index contributed by atoms with van der Waals surface area (Å²) in [4.78, 5) is 21.5. The Bertz CT molecular complexity index is 1240. The minimum Gasteiger partial charge on any atom is -0.384 e. The van der Waals surface area contributed by atoms with Gasteiger partial charge in [-0.05, 0) is 60.7 Å². The van der Waals surface area contributed by atoms with Crippen molar-refractivity contribution < 1.29 is 4.79 Å². The normalized spacial score (nSPS) is 13.6. The van der Waals surface area contributed by atoms with Crippen LogP contribution in [0.15, 0.2) is 54.9 Å². The highest BCUT2D eigenvalue weighted by molar-refractivity contribution is 6.04. The predicted octanol–water partition coefficient (Wildman–Crippen LogP) is 3.74. The number of nitrogens with two attached hydrogens (primary N) is 1. The van der Waals surface area contributed by atoms with E-state index in [9.17, 15) is 4.79 Å². The van der Waals surface area contributed by atoms with Gasteiger partial charge < -0.3 is 11.1 Å². The van der Waals surface area contributed by atoms with Gasteiger partial charge in [-0.15, -0.1) is 0 Å². The lowest BCUT2D eigenvalue weighted by Gasteiger charge is -2.11. The van der Waals surface area contributed by atoms with Gasteiger partial charge >= 0.3 is 0 Å². The van der Waals surface area contributed by atoms with Gasteiger partial charge in [0.2, 0.25) is 0 Å². The highest BCUT2D eigenvalue weighted by Gasteiger charge is 2.27. The van der Waals surface area contributed by atoms with E-state index in [1.807, 2.05) is 37.5 Å². The zero-order valence-electron chi connectivity index (χ0n) is 16.0. The van der Waals surface area contributed by atoms with Gasteiger partial charge in [-0.25, -0.2) is 9.97 Å². The summed E-state index contributed by atoms with van der Waals surface area (Å²) in [5, 5.41) is 8.56. The molecule has 4 aromatic rings. The third-order valence-electron chi connectivity index (χ3n) is 5.11. The Morgan fingerprint density at radius 3 is 2.86 bits per heavy atom. The van der Waals surface area contributed by atoms with E-state index in [-0.39, 0.29) is 5.91 Å². The van der Waals surface area contributed by atoms with Crippen LogP contribution in [-0.4, -0.2) is 25.7 Å². The maximum absolute atomic E-state index is 13.0. The number of carbonyl (C=O) groups is 1. The van der Waals surface area contributed by atoms with Crippen molar-refractivity contribution in [2.45, 2.75) is 18.8 Å². The average molecular weight is 384 g/mol. The Labute approximate surface area is 167 Å². The molecule has 0 radical (unpaired) electrons. The van der Waals surface area contributed by atoms with Crippen LogP contribution in [0.1, 0.15) is 34.8 Å². The Kier molecular flexibility index (Phi) is 4.01. The summed E-state index contributed by atoms with van der Waals surface area (Å²) in [7, 11) is 1.90. The van der Waals surface area contributed by atoms with Crippen molar-refractivity contribution in [3.63, 3.8) is 0 Å². The zero-order valence-corrected chi connectivity index (χ0v) is 16.0. The second kappa shape index (κ2) is 6.70. The number of hydrogen-bond acceptors (Lipinski definition) is 5. The van der Waals surface area contributed by atoms with Crippen LogP contribution in [0.4, 0.5) is 11.5 Å². The van der Waals surface area contributed by atoms with Crippen molar-refractivity contribution in [1.82, 2.24) is 19.7 Å². The fourth-order valence-electron chi connectivity index (χ4n) is 3.57. The molecule has 1 saturated carbocycles. The molecule has 7 nitrogen and oxygen atoms in total. The minimum atomic E-state index is -0.237. The van der Waals surface area contributed by atoms with E-state index in [1.165, 1.54) is 0 Å². The third kappa shape index (κ3) is 3.42. The van der Waals surface area contributed by atoms with Crippen molar-refractivity contribution in [2.75, 3.05) is 11.1 Å². The maximum atomic E-state index is 13.0. The van der Waals surface area contributed by atoms with Crippen molar-refractivity contribution in [3.8, 4) is 11.3 Å². The van der Waals surface area contributed by atoms with Crippen molar-refractivity contribution >= 4 is 28.3 Å². The SMILES string of the molecule is Cn1cc2cc(NC(=O)c3cccc(-c4ccnc(N)c4)n3)c(C3CC3)cc2n1. The van der Waals surface area contributed by atoms with E-state index in [0.29, 0.717) is 23.1 Å². The van der Waals surface area contributed by atoms with Crippen LogP contribution in [-0.2, 0) is 7.05 Å². The van der Waals surface area contributed by atoms with Gasteiger partial charge in [-0.3, -0.25) is 9.48 Å². The molecule has 29 heavy (non-hydrogen) atoms. The van der Waals surface area contributed by atoms with Crippen LogP contribution in [0.25, 0.3) is 22.2 Å². The first-order chi connectivity index (χ1) is 14.1. The molecule has 0 spiro atoms. The van der Waals surface area contributed by atoms with Gasteiger partial charge in [0, 0.05) is 36.1 Å². The van der Waals surface area contributed by atoms with Crippen LogP contribution in [0, 0.1) is 0 Å². The molecule has 1 fully saturated rings. The molecule has 144 valence electrons. The van der Waals surface area contributed by atoms with Crippen molar-refractivity contribution in [2.24, 2.45) is 7.05 Å². The monoisotopic (exact) mass is 384 g/mol. The molecule has 1 aliphatic rings. The number of fused-ring (bicyclic) bond motifs is 1. The minimum absolute atomic E-state index is 0.237. The average Bonchev–Trinajstić information content (AvgIpc) is 3.49. The summed E-state index contributed by atoms with van der Waals surface area (Å²) in [6.07, 6.45) is 5.86. The van der Waals surface area contributed by atoms with E-state index in [4.69, 9.17) is 5.73 Å². The van der Waals surface area contributed by atoms with Crippen LogP contribution >= 0.6 is 0 Å². The molecular formula is C22H20N6O. The van der Waals surface area contributed by atoms with Gasteiger partial charge in [0.25, 0.3) is 5.91 Å². The first-order valence-electron chi connectivity index (χ1n) is 9.54. The van der Waals surface area contributed by atoms with E-state index in [1.54, 1.807) is 23.0 Å². The predicted molar refractivity (Wildman–Crippen MR) is 113 cm³/mol. The highest BCUT2D eigenvalue weighted by atomic mass is 16.1. The molecule has 0 saturated heterocycles. The molecular weight excluding hydrogens is 364 g/mol. The first kappa shape index (κ1) is 17.4. The molecule has 5 rings (SSSR count). The molecule has 3 N–H and O–H groups in total. The second-order valence-electron chi connectivity index (χ2n) is 7.41.